The van der Waals surface area contributed by atoms with E-state index in [9.17, 15) is 22.4 Å². The highest BCUT2D eigenvalue weighted by molar-refractivity contribution is 6.18. The number of fused-ring (bicyclic) bond motifs is 1. The summed E-state index contributed by atoms with van der Waals surface area (Å²) < 4.78 is 52.6. The van der Waals surface area contributed by atoms with E-state index in [2.05, 4.69) is 35.6 Å². The minimum Gasteiger partial charge on any atom is -0.360 e. The molecule has 0 bridgehead atoms. The van der Waals surface area contributed by atoms with E-state index in [1.165, 1.54) is 18.3 Å². The molecule has 0 atom stereocenters. The summed E-state index contributed by atoms with van der Waals surface area (Å²) in [5.74, 6) is -1.86. The first-order valence-corrected chi connectivity index (χ1v) is 9.81. The lowest BCUT2D eigenvalue weighted by molar-refractivity contribution is -0.115. The van der Waals surface area contributed by atoms with Gasteiger partial charge in [-0.15, -0.1) is 0 Å². The Morgan fingerprint density at radius 2 is 1.91 bits per heavy atom. The SMILES string of the molecule is CCc1ccc(Nc2ccc(C(=O)c3c[nH]c4ncnc(NCC(F)(F)F)c34)c(F)n2)cn1. The molecule has 8 nitrogen and oxygen atoms in total. The standard InChI is InChI=1S/C21H17F4N7O/c1-2-11-3-4-12(7-26-11)31-15-6-5-13(18(22)32-15)17(33)14-8-27-19-16(14)20(30-10-29-19)28-9-21(23,24)25/h3-8,10H,2,9H2,1H3,(H,31,32)(H2,27,28,29,30). The van der Waals surface area contributed by atoms with Crippen molar-refractivity contribution in [3.05, 3.63) is 65.8 Å². The number of carbonyl (C=O) groups excluding carboxylic acids is 1. The van der Waals surface area contributed by atoms with E-state index >= 15 is 0 Å². The van der Waals surface area contributed by atoms with Gasteiger partial charge in [-0.3, -0.25) is 9.78 Å². The summed E-state index contributed by atoms with van der Waals surface area (Å²) in [4.78, 5) is 31.4. The highest BCUT2D eigenvalue weighted by Crippen LogP contribution is 2.27. The largest absolute Gasteiger partial charge is 0.405 e. The number of halogens is 4. The Bertz CT molecular complexity index is 1300. The number of aromatic nitrogens is 5. The summed E-state index contributed by atoms with van der Waals surface area (Å²) in [5.41, 5.74) is 1.18. The third kappa shape index (κ3) is 4.89. The Kier molecular flexibility index (Phi) is 5.90. The van der Waals surface area contributed by atoms with Gasteiger partial charge in [0.25, 0.3) is 0 Å². The second-order valence-corrected chi connectivity index (χ2v) is 7.00. The number of ketones is 1. The highest BCUT2D eigenvalue weighted by Gasteiger charge is 2.28. The molecule has 0 aliphatic heterocycles. The fraction of sp³-hybridized carbons (Fsp3) is 0.190. The van der Waals surface area contributed by atoms with Crippen molar-refractivity contribution in [2.24, 2.45) is 0 Å². The zero-order valence-corrected chi connectivity index (χ0v) is 17.2. The Labute approximate surface area is 184 Å². The summed E-state index contributed by atoms with van der Waals surface area (Å²) >= 11 is 0. The lowest BCUT2D eigenvalue weighted by atomic mass is 10.0. The van der Waals surface area contributed by atoms with Crippen LogP contribution in [-0.4, -0.2) is 43.4 Å². The van der Waals surface area contributed by atoms with Crippen LogP contribution in [0.4, 0.5) is 34.9 Å². The molecule has 4 heterocycles. The topological polar surface area (TPSA) is 108 Å². The number of carbonyl (C=O) groups is 1. The van der Waals surface area contributed by atoms with E-state index in [-0.39, 0.29) is 33.8 Å². The van der Waals surface area contributed by atoms with Gasteiger partial charge in [-0.05, 0) is 30.7 Å². The summed E-state index contributed by atoms with van der Waals surface area (Å²) in [6, 6.07) is 6.25. The lowest BCUT2D eigenvalue weighted by Gasteiger charge is -2.10. The fourth-order valence-corrected chi connectivity index (χ4v) is 3.13. The number of hydrogen-bond donors (Lipinski definition) is 3. The van der Waals surface area contributed by atoms with Gasteiger partial charge >= 0.3 is 6.18 Å². The number of aryl methyl sites for hydroxylation is 1. The van der Waals surface area contributed by atoms with Gasteiger partial charge in [0.05, 0.1) is 28.4 Å². The van der Waals surface area contributed by atoms with Gasteiger partial charge in [0.2, 0.25) is 5.95 Å². The van der Waals surface area contributed by atoms with E-state index in [4.69, 9.17) is 0 Å². The van der Waals surface area contributed by atoms with Crippen molar-refractivity contribution >= 4 is 34.1 Å². The first-order valence-electron chi connectivity index (χ1n) is 9.81. The quantitative estimate of drug-likeness (QED) is 0.214. The highest BCUT2D eigenvalue weighted by atomic mass is 19.4. The molecule has 0 unspecified atom stereocenters. The second kappa shape index (κ2) is 8.81. The Balaban J connectivity index is 1.61. The molecule has 33 heavy (non-hydrogen) atoms. The number of H-pyrrole nitrogens is 1. The predicted molar refractivity (Wildman–Crippen MR) is 113 cm³/mol. The molecule has 0 amide bonds. The van der Waals surface area contributed by atoms with E-state index in [0.29, 0.717) is 5.69 Å². The van der Waals surface area contributed by atoms with Gasteiger partial charge in [0.15, 0.2) is 5.78 Å². The molecule has 4 aromatic heterocycles. The van der Waals surface area contributed by atoms with Crippen molar-refractivity contribution < 1.29 is 22.4 Å². The fourth-order valence-electron chi connectivity index (χ4n) is 3.13. The van der Waals surface area contributed by atoms with Crippen molar-refractivity contribution in [1.29, 1.82) is 0 Å². The molecule has 0 aliphatic rings. The van der Waals surface area contributed by atoms with E-state index in [0.717, 1.165) is 18.4 Å². The summed E-state index contributed by atoms with van der Waals surface area (Å²) in [6.07, 6.45) is 0.154. The van der Waals surface area contributed by atoms with Crippen LogP contribution in [0.2, 0.25) is 0 Å². The molecule has 3 N–H and O–H groups in total. The van der Waals surface area contributed by atoms with Gasteiger partial charge < -0.3 is 15.6 Å². The van der Waals surface area contributed by atoms with Crippen LogP contribution < -0.4 is 10.6 Å². The van der Waals surface area contributed by atoms with E-state index in [1.54, 1.807) is 12.3 Å². The van der Waals surface area contributed by atoms with E-state index < -0.39 is 24.5 Å². The maximum atomic E-state index is 14.7. The van der Waals surface area contributed by atoms with Crippen molar-refractivity contribution in [2.75, 3.05) is 17.2 Å². The molecule has 0 saturated heterocycles. The summed E-state index contributed by atoms with van der Waals surface area (Å²) in [6.45, 7) is 0.611. The number of nitrogens with one attached hydrogen (secondary N) is 3. The maximum Gasteiger partial charge on any atom is 0.405 e. The smallest absolute Gasteiger partial charge is 0.360 e. The number of pyridine rings is 2. The Morgan fingerprint density at radius 1 is 1.09 bits per heavy atom. The second-order valence-electron chi connectivity index (χ2n) is 7.00. The molecular weight excluding hydrogens is 442 g/mol. The van der Waals surface area contributed by atoms with Gasteiger partial charge in [0.1, 0.15) is 30.2 Å². The average molecular weight is 459 g/mol. The van der Waals surface area contributed by atoms with Crippen LogP contribution in [0.3, 0.4) is 0 Å². The third-order valence-corrected chi connectivity index (χ3v) is 4.72. The Morgan fingerprint density at radius 3 is 2.58 bits per heavy atom. The number of aromatic amines is 1. The lowest BCUT2D eigenvalue weighted by Crippen LogP contribution is -2.22. The minimum atomic E-state index is -4.50. The molecule has 0 radical (unpaired) electrons. The molecule has 0 aliphatic carbocycles. The monoisotopic (exact) mass is 459 g/mol. The molecular formula is C21H17F4N7O. The normalized spacial score (nSPS) is 11.5. The molecule has 4 rings (SSSR count). The van der Waals surface area contributed by atoms with Gasteiger partial charge in [-0.1, -0.05) is 6.92 Å². The zero-order chi connectivity index (χ0) is 23.6. The van der Waals surface area contributed by atoms with Crippen LogP contribution in [0.1, 0.15) is 28.5 Å². The summed E-state index contributed by atoms with van der Waals surface area (Å²) in [5, 5.41) is 5.07. The van der Waals surface area contributed by atoms with Crippen LogP contribution in [0.25, 0.3) is 11.0 Å². The van der Waals surface area contributed by atoms with Gasteiger partial charge in [0, 0.05) is 11.9 Å². The van der Waals surface area contributed by atoms with Crippen LogP contribution in [0.15, 0.2) is 43.0 Å². The van der Waals surface area contributed by atoms with Gasteiger partial charge in [-0.25, -0.2) is 15.0 Å². The van der Waals surface area contributed by atoms with E-state index in [1.807, 2.05) is 13.0 Å². The predicted octanol–water partition coefficient (Wildman–Crippen LogP) is 4.40. The molecule has 0 spiro atoms. The average Bonchev–Trinajstić information content (AvgIpc) is 3.22. The van der Waals surface area contributed by atoms with Crippen molar-refractivity contribution in [3.8, 4) is 0 Å². The third-order valence-electron chi connectivity index (χ3n) is 4.72. The number of anilines is 3. The van der Waals surface area contributed by atoms with Crippen LogP contribution >= 0.6 is 0 Å². The molecule has 0 saturated carbocycles. The molecule has 0 aromatic carbocycles. The molecule has 4 aromatic rings. The maximum absolute atomic E-state index is 14.7. The van der Waals surface area contributed by atoms with Crippen LogP contribution in [0, 0.1) is 5.95 Å². The molecule has 12 heteroatoms. The van der Waals surface area contributed by atoms with Crippen molar-refractivity contribution in [3.63, 3.8) is 0 Å². The number of nitrogens with zero attached hydrogens (tertiary/aromatic N) is 4. The van der Waals surface area contributed by atoms with Crippen molar-refractivity contribution in [1.82, 2.24) is 24.9 Å². The molecule has 170 valence electrons. The van der Waals surface area contributed by atoms with Crippen molar-refractivity contribution in [2.45, 2.75) is 19.5 Å². The first kappa shape index (κ1) is 22.1. The molecule has 0 fully saturated rings. The Hall–Kier alpha value is -4.09. The first-order chi connectivity index (χ1) is 15.7. The zero-order valence-electron chi connectivity index (χ0n) is 17.2. The van der Waals surface area contributed by atoms with Crippen LogP contribution in [0.5, 0.6) is 0 Å². The number of hydrogen-bond acceptors (Lipinski definition) is 7. The minimum absolute atomic E-state index is 0.0236. The van der Waals surface area contributed by atoms with Crippen LogP contribution in [-0.2, 0) is 6.42 Å². The number of alkyl halides is 3. The summed E-state index contributed by atoms with van der Waals surface area (Å²) in [7, 11) is 0. The number of rotatable bonds is 7. The van der Waals surface area contributed by atoms with Gasteiger partial charge in [-0.2, -0.15) is 17.6 Å².